The van der Waals surface area contributed by atoms with Gasteiger partial charge in [0.1, 0.15) is 18.3 Å². The van der Waals surface area contributed by atoms with Crippen molar-refractivity contribution in [1.82, 2.24) is 0 Å². The fraction of sp³-hybridized carbons (Fsp3) is 0.286. The van der Waals surface area contributed by atoms with Gasteiger partial charge in [0.05, 0.1) is 12.8 Å². The van der Waals surface area contributed by atoms with Crippen LogP contribution in [0.15, 0.2) is 66.7 Å². The highest BCUT2D eigenvalue weighted by atomic mass is 16.5. The van der Waals surface area contributed by atoms with Crippen LogP contribution in [0, 0.1) is 13.8 Å². The number of piperazine rings is 1. The molecule has 5 nitrogen and oxygen atoms in total. The number of benzene rings is 3. The molecule has 0 aromatic heterocycles. The zero-order valence-corrected chi connectivity index (χ0v) is 19.8. The van der Waals surface area contributed by atoms with Gasteiger partial charge in [-0.15, -0.1) is 0 Å². The van der Waals surface area contributed by atoms with Gasteiger partial charge < -0.3 is 9.64 Å². The minimum atomic E-state index is -0.750. The van der Waals surface area contributed by atoms with Crippen molar-refractivity contribution in [3.8, 4) is 5.75 Å². The first-order valence-electron chi connectivity index (χ1n) is 11.3. The van der Waals surface area contributed by atoms with Crippen LogP contribution in [0.2, 0.25) is 0 Å². The van der Waals surface area contributed by atoms with E-state index in [0.29, 0.717) is 17.4 Å². The minimum Gasteiger partial charge on any atom is -0.497 e. The molecule has 0 saturated carbocycles. The van der Waals surface area contributed by atoms with Gasteiger partial charge in [-0.25, -0.2) is 0 Å². The predicted octanol–water partition coefficient (Wildman–Crippen LogP) is 5.56. The maximum atomic E-state index is 14.0. The topological polar surface area (TPSA) is 49.9 Å². The van der Waals surface area contributed by atoms with Crippen LogP contribution in [-0.2, 0) is 9.59 Å². The van der Waals surface area contributed by atoms with Gasteiger partial charge in [-0.2, -0.15) is 0 Å². The van der Waals surface area contributed by atoms with Crippen molar-refractivity contribution in [3.05, 3.63) is 89.0 Å². The maximum absolute atomic E-state index is 14.0. The Morgan fingerprint density at radius 1 is 0.879 bits per heavy atom. The maximum Gasteiger partial charge on any atom is 0.255 e. The normalized spacial score (nSPS) is 16.5. The molecule has 1 heterocycles. The second-order valence-electron chi connectivity index (χ2n) is 8.85. The molecule has 0 radical (unpaired) electrons. The van der Waals surface area contributed by atoms with Crippen LogP contribution >= 0.6 is 0 Å². The van der Waals surface area contributed by atoms with Gasteiger partial charge in [-0.05, 0) is 66.3 Å². The van der Waals surface area contributed by atoms with E-state index in [0.717, 1.165) is 22.4 Å². The summed E-state index contributed by atoms with van der Waals surface area (Å²) in [7, 11) is 1.60. The average molecular weight is 443 g/mol. The number of amides is 2. The molecule has 1 fully saturated rings. The number of methoxy groups -OCH3 is 1. The highest BCUT2D eigenvalue weighted by molar-refractivity contribution is 6.15. The molecule has 0 bridgehead atoms. The van der Waals surface area contributed by atoms with Gasteiger partial charge in [0, 0.05) is 5.69 Å². The van der Waals surface area contributed by atoms with Gasteiger partial charge in [0.25, 0.3) is 5.91 Å². The Bertz CT molecular complexity index is 1150. The molecule has 33 heavy (non-hydrogen) atoms. The minimum absolute atomic E-state index is 0.00284. The lowest BCUT2D eigenvalue weighted by Gasteiger charge is -2.41. The molecule has 0 unspecified atom stereocenters. The van der Waals surface area contributed by atoms with Crippen LogP contribution in [-0.4, -0.2) is 25.5 Å². The van der Waals surface area contributed by atoms with Crippen LogP contribution < -0.4 is 14.5 Å². The number of para-hydroxylation sites is 1. The van der Waals surface area contributed by atoms with Crippen molar-refractivity contribution >= 4 is 23.2 Å². The van der Waals surface area contributed by atoms with Crippen molar-refractivity contribution < 1.29 is 14.3 Å². The summed E-state index contributed by atoms with van der Waals surface area (Å²) in [5.41, 5.74) is 5.42. The van der Waals surface area contributed by atoms with Crippen molar-refractivity contribution in [3.63, 3.8) is 0 Å². The lowest BCUT2D eigenvalue weighted by Crippen LogP contribution is -2.56. The van der Waals surface area contributed by atoms with E-state index in [2.05, 4.69) is 13.8 Å². The first-order chi connectivity index (χ1) is 15.8. The molecule has 4 rings (SSSR count). The Morgan fingerprint density at radius 3 is 2.03 bits per heavy atom. The molecule has 1 atom stereocenters. The number of hydrogen-bond donors (Lipinski definition) is 0. The third-order valence-electron chi connectivity index (χ3n) is 6.30. The fourth-order valence-electron chi connectivity index (χ4n) is 4.50. The summed E-state index contributed by atoms with van der Waals surface area (Å²) in [5.74, 6) is 0.844. The van der Waals surface area contributed by atoms with Crippen molar-refractivity contribution in [2.24, 2.45) is 0 Å². The Labute approximate surface area is 195 Å². The highest BCUT2D eigenvalue weighted by Gasteiger charge is 2.42. The van der Waals surface area contributed by atoms with Gasteiger partial charge in [0.2, 0.25) is 5.91 Å². The number of hydrogen-bond acceptors (Lipinski definition) is 3. The molecule has 3 aromatic rings. The Balaban J connectivity index is 1.83. The van der Waals surface area contributed by atoms with E-state index < -0.39 is 6.04 Å². The number of nitrogens with zero attached hydrogens (tertiary/aromatic N) is 2. The van der Waals surface area contributed by atoms with Crippen LogP contribution in [0.3, 0.4) is 0 Å². The van der Waals surface area contributed by atoms with E-state index in [1.165, 1.54) is 5.56 Å². The SMILES string of the molecule is COc1ccc(N2C(=O)CN(c3c(C)cccc3C)C(=O)[C@H]2c2ccc(C(C)C)cc2)cc1. The number of aryl methyl sites for hydroxylation is 2. The van der Waals surface area contributed by atoms with Crippen LogP contribution in [0.1, 0.15) is 48.1 Å². The first-order valence-corrected chi connectivity index (χ1v) is 11.3. The number of carbonyl (C=O) groups is 2. The van der Waals surface area contributed by atoms with Crippen molar-refractivity contribution in [2.75, 3.05) is 23.5 Å². The van der Waals surface area contributed by atoms with Gasteiger partial charge in [-0.3, -0.25) is 14.5 Å². The molecule has 170 valence electrons. The molecule has 3 aromatic carbocycles. The molecule has 0 aliphatic carbocycles. The largest absolute Gasteiger partial charge is 0.497 e. The van der Waals surface area contributed by atoms with Crippen LogP contribution in [0.25, 0.3) is 0 Å². The lowest BCUT2D eigenvalue weighted by atomic mass is 9.95. The summed E-state index contributed by atoms with van der Waals surface area (Å²) in [5, 5.41) is 0. The first kappa shape index (κ1) is 22.6. The molecule has 1 saturated heterocycles. The second-order valence-corrected chi connectivity index (χ2v) is 8.85. The Morgan fingerprint density at radius 2 is 1.48 bits per heavy atom. The lowest BCUT2D eigenvalue weighted by molar-refractivity contribution is -0.128. The van der Waals surface area contributed by atoms with Crippen molar-refractivity contribution in [1.29, 1.82) is 0 Å². The number of ether oxygens (including phenoxy) is 1. The summed E-state index contributed by atoms with van der Waals surface area (Å²) in [6.07, 6.45) is 0. The summed E-state index contributed by atoms with van der Waals surface area (Å²) in [6.45, 7) is 8.22. The summed E-state index contributed by atoms with van der Waals surface area (Å²) in [6, 6.07) is 20.5. The summed E-state index contributed by atoms with van der Waals surface area (Å²) < 4.78 is 5.27. The fourth-order valence-corrected chi connectivity index (χ4v) is 4.50. The molecule has 2 amide bonds. The van der Waals surface area contributed by atoms with Crippen molar-refractivity contribution in [2.45, 2.75) is 39.7 Å². The monoisotopic (exact) mass is 442 g/mol. The number of rotatable bonds is 5. The third-order valence-corrected chi connectivity index (χ3v) is 6.30. The molecule has 5 heteroatoms. The van der Waals surface area contributed by atoms with E-state index >= 15 is 0 Å². The number of anilines is 2. The Kier molecular flexibility index (Phi) is 6.23. The van der Waals surface area contributed by atoms with Gasteiger partial charge in [-0.1, -0.05) is 56.3 Å². The predicted molar refractivity (Wildman–Crippen MR) is 132 cm³/mol. The third kappa shape index (κ3) is 4.23. The summed E-state index contributed by atoms with van der Waals surface area (Å²) >= 11 is 0. The van der Waals surface area contributed by atoms with E-state index in [-0.39, 0.29) is 18.4 Å². The van der Waals surface area contributed by atoms with E-state index in [1.807, 2.05) is 80.6 Å². The van der Waals surface area contributed by atoms with Gasteiger partial charge in [0.15, 0.2) is 0 Å². The zero-order valence-electron chi connectivity index (χ0n) is 19.8. The highest BCUT2D eigenvalue weighted by Crippen LogP contribution is 2.37. The molecule has 0 N–H and O–H groups in total. The van der Waals surface area contributed by atoms with Crippen LogP contribution in [0.4, 0.5) is 11.4 Å². The second kappa shape index (κ2) is 9.10. The van der Waals surface area contributed by atoms with E-state index in [1.54, 1.807) is 16.9 Å². The average Bonchev–Trinajstić information content (AvgIpc) is 2.81. The van der Waals surface area contributed by atoms with Crippen LogP contribution in [0.5, 0.6) is 5.75 Å². The number of carbonyl (C=O) groups excluding carboxylic acids is 2. The molecular weight excluding hydrogens is 412 g/mol. The Hall–Kier alpha value is -3.60. The standard InChI is InChI=1S/C28H30N2O3/c1-18(2)21-9-11-22(12-10-21)27-28(32)29(26-19(3)7-6-8-20(26)4)17-25(31)30(27)23-13-15-24(33-5)16-14-23/h6-16,18,27H,17H2,1-5H3/t27-/m1/s1. The summed E-state index contributed by atoms with van der Waals surface area (Å²) in [4.78, 5) is 30.8. The smallest absolute Gasteiger partial charge is 0.255 e. The quantitative estimate of drug-likeness (QED) is 0.520. The van der Waals surface area contributed by atoms with Gasteiger partial charge >= 0.3 is 0 Å². The molecule has 1 aliphatic rings. The molecule has 0 spiro atoms. The molecular formula is C28H30N2O3. The van der Waals surface area contributed by atoms with E-state index in [9.17, 15) is 9.59 Å². The van der Waals surface area contributed by atoms with E-state index in [4.69, 9.17) is 4.74 Å². The zero-order chi connectivity index (χ0) is 23.7. The molecule has 1 aliphatic heterocycles.